The van der Waals surface area contributed by atoms with Crippen molar-refractivity contribution < 1.29 is 17.6 Å². The minimum atomic E-state index is -3.48. The van der Waals surface area contributed by atoms with Crippen LogP contribution in [0.2, 0.25) is 0 Å². The normalized spacial score (nSPS) is 15.5. The maximum atomic E-state index is 13.1. The number of pyridine rings is 1. The lowest BCUT2D eigenvalue weighted by molar-refractivity contribution is 0.0955. The van der Waals surface area contributed by atoms with Gasteiger partial charge in [-0.3, -0.25) is 4.79 Å². The van der Waals surface area contributed by atoms with Crippen LogP contribution in [0.15, 0.2) is 48.7 Å². The number of hydrogen-bond donors (Lipinski definition) is 1. The summed E-state index contributed by atoms with van der Waals surface area (Å²) in [6, 6.07) is 10.9. The average molecular weight is 392 g/mol. The van der Waals surface area contributed by atoms with Gasteiger partial charge in [-0.1, -0.05) is 12.1 Å². The van der Waals surface area contributed by atoms with Crippen LogP contribution in [0, 0.1) is 5.82 Å². The Bertz CT molecular complexity index is 884. The zero-order valence-corrected chi connectivity index (χ0v) is 15.5. The fourth-order valence-electron chi connectivity index (χ4n) is 2.89. The van der Waals surface area contributed by atoms with Gasteiger partial charge in [0.15, 0.2) is 0 Å². The molecule has 0 unspecified atom stereocenters. The van der Waals surface area contributed by atoms with Crippen LogP contribution in [0.1, 0.15) is 10.4 Å². The molecule has 1 aliphatic rings. The van der Waals surface area contributed by atoms with Gasteiger partial charge in [-0.05, 0) is 30.3 Å². The smallest absolute Gasteiger partial charge is 0.251 e. The minimum Gasteiger partial charge on any atom is -0.354 e. The third-order valence-corrected chi connectivity index (χ3v) is 6.21. The molecule has 1 aromatic heterocycles. The van der Waals surface area contributed by atoms with Crippen LogP contribution >= 0.6 is 0 Å². The number of rotatable bonds is 6. The first-order valence-corrected chi connectivity index (χ1v) is 10.2. The summed E-state index contributed by atoms with van der Waals surface area (Å²) in [4.78, 5) is 18.3. The highest BCUT2D eigenvalue weighted by Gasteiger charge is 2.27. The number of sulfonamides is 1. The van der Waals surface area contributed by atoms with E-state index in [1.165, 1.54) is 22.5 Å². The molecule has 0 saturated carbocycles. The number of carbonyl (C=O) groups excluding carboxylic acids is 1. The van der Waals surface area contributed by atoms with Crippen LogP contribution in [0.3, 0.4) is 0 Å². The first-order chi connectivity index (χ1) is 13.0. The second kappa shape index (κ2) is 8.45. The molecule has 1 aromatic carbocycles. The van der Waals surface area contributed by atoms with E-state index in [-0.39, 0.29) is 17.9 Å². The molecular formula is C18H21FN4O3S. The Morgan fingerprint density at radius 3 is 2.56 bits per heavy atom. The average Bonchev–Trinajstić information content (AvgIpc) is 2.68. The highest BCUT2D eigenvalue weighted by atomic mass is 32.2. The fraction of sp³-hybridized carbons (Fsp3) is 0.333. The fourth-order valence-corrected chi connectivity index (χ4v) is 4.23. The number of benzene rings is 1. The van der Waals surface area contributed by atoms with Crippen LogP contribution in [0.25, 0.3) is 0 Å². The van der Waals surface area contributed by atoms with Crippen molar-refractivity contribution in [1.29, 1.82) is 0 Å². The van der Waals surface area contributed by atoms with Crippen LogP contribution in [-0.4, -0.2) is 62.1 Å². The Hall–Kier alpha value is -2.52. The summed E-state index contributed by atoms with van der Waals surface area (Å²) in [5.41, 5.74) is 0.163. The van der Waals surface area contributed by atoms with Gasteiger partial charge in [-0.2, -0.15) is 4.31 Å². The molecule has 9 heteroatoms. The molecule has 1 saturated heterocycles. The van der Waals surface area contributed by atoms with Crippen molar-refractivity contribution in [3.8, 4) is 0 Å². The predicted molar refractivity (Wildman–Crippen MR) is 101 cm³/mol. The number of halogens is 1. The molecule has 1 fully saturated rings. The molecule has 1 aliphatic heterocycles. The maximum absolute atomic E-state index is 13.1. The van der Waals surface area contributed by atoms with E-state index in [4.69, 9.17) is 0 Å². The van der Waals surface area contributed by atoms with E-state index < -0.39 is 21.7 Å². The van der Waals surface area contributed by atoms with Crippen LogP contribution < -0.4 is 10.2 Å². The van der Waals surface area contributed by atoms with Gasteiger partial charge in [0.2, 0.25) is 10.0 Å². The lowest BCUT2D eigenvalue weighted by Crippen LogP contribution is -2.50. The number of aromatic nitrogens is 1. The molecule has 144 valence electrons. The van der Waals surface area contributed by atoms with Gasteiger partial charge in [0.1, 0.15) is 11.6 Å². The van der Waals surface area contributed by atoms with Crippen molar-refractivity contribution in [2.45, 2.75) is 0 Å². The van der Waals surface area contributed by atoms with Gasteiger partial charge in [-0.25, -0.2) is 17.8 Å². The highest BCUT2D eigenvalue weighted by molar-refractivity contribution is 7.89. The molecule has 3 rings (SSSR count). The molecule has 0 atom stereocenters. The molecule has 0 radical (unpaired) electrons. The van der Waals surface area contributed by atoms with E-state index in [0.29, 0.717) is 26.2 Å². The van der Waals surface area contributed by atoms with Gasteiger partial charge in [0, 0.05) is 44.5 Å². The van der Waals surface area contributed by atoms with Crippen LogP contribution in [0.5, 0.6) is 0 Å². The number of hydrogen-bond acceptors (Lipinski definition) is 5. The summed E-state index contributed by atoms with van der Waals surface area (Å²) in [7, 11) is -3.48. The molecule has 1 N–H and O–H groups in total. The van der Waals surface area contributed by atoms with E-state index in [2.05, 4.69) is 10.3 Å². The molecular weight excluding hydrogens is 371 g/mol. The zero-order chi connectivity index (χ0) is 19.3. The number of nitrogens with one attached hydrogen (secondary N) is 1. The Balaban J connectivity index is 1.48. The first-order valence-electron chi connectivity index (χ1n) is 8.63. The number of piperazine rings is 1. The van der Waals surface area contributed by atoms with Crippen molar-refractivity contribution in [2.75, 3.05) is 43.4 Å². The van der Waals surface area contributed by atoms with E-state index in [9.17, 15) is 17.6 Å². The summed E-state index contributed by atoms with van der Waals surface area (Å²) >= 11 is 0. The summed E-state index contributed by atoms with van der Waals surface area (Å²) in [5.74, 6) is -0.375. The third-order valence-electron chi connectivity index (χ3n) is 4.34. The Kier molecular flexibility index (Phi) is 6.02. The molecule has 0 bridgehead atoms. The third kappa shape index (κ3) is 5.01. The summed E-state index contributed by atoms with van der Waals surface area (Å²) < 4.78 is 39.5. The summed E-state index contributed by atoms with van der Waals surface area (Å²) in [6.45, 7) is 1.84. The lowest BCUT2D eigenvalue weighted by atomic mass is 10.2. The van der Waals surface area contributed by atoms with Gasteiger partial charge in [-0.15, -0.1) is 0 Å². The molecule has 0 aliphatic carbocycles. The molecule has 27 heavy (non-hydrogen) atoms. The van der Waals surface area contributed by atoms with E-state index in [1.807, 2.05) is 23.1 Å². The maximum Gasteiger partial charge on any atom is 0.251 e. The van der Waals surface area contributed by atoms with Crippen molar-refractivity contribution in [2.24, 2.45) is 0 Å². The molecule has 2 aromatic rings. The standard InChI is InChI=1S/C18H21FN4O3S/c19-16-5-3-4-15(14-16)18(24)21-8-13-27(25,26)23-11-9-22(10-12-23)17-6-1-2-7-20-17/h1-7,14H,8-13H2,(H,21,24). The van der Waals surface area contributed by atoms with Crippen molar-refractivity contribution in [3.63, 3.8) is 0 Å². The lowest BCUT2D eigenvalue weighted by Gasteiger charge is -2.34. The molecule has 7 nitrogen and oxygen atoms in total. The van der Waals surface area contributed by atoms with Gasteiger partial charge < -0.3 is 10.2 Å². The van der Waals surface area contributed by atoms with Crippen LogP contribution in [0.4, 0.5) is 10.2 Å². The van der Waals surface area contributed by atoms with E-state index in [0.717, 1.165) is 11.9 Å². The minimum absolute atomic E-state index is 0.0296. The summed E-state index contributed by atoms with van der Waals surface area (Å²) in [5, 5.41) is 2.52. The zero-order valence-electron chi connectivity index (χ0n) is 14.7. The van der Waals surface area contributed by atoms with Crippen molar-refractivity contribution in [3.05, 3.63) is 60.0 Å². The van der Waals surface area contributed by atoms with Gasteiger partial charge in [0.05, 0.1) is 5.75 Å². The Morgan fingerprint density at radius 1 is 1.11 bits per heavy atom. The number of nitrogens with zero attached hydrogens (tertiary/aromatic N) is 3. The molecule has 0 spiro atoms. The number of anilines is 1. The number of amides is 1. The molecule has 2 heterocycles. The second-order valence-electron chi connectivity index (χ2n) is 6.16. The monoisotopic (exact) mass is 392 g/mol. The predicted octanol–water partition coefficient (Wildman–Crippen LogP) is 1.10. The number of carbonyl (C=O) groups is 1. The topological polar surface area (TPSA) is 82.6 Å². The van der Waals surface area contributed by atoms with Crippen molar-refractivity contribution in [1.82, 2.24) is 14.6 Å². The summed E-state index contributed by atoms with van der Waals surface area (Å²) in [6.07, 6.45) is 1.71. The Labute approximate surface area is 157 Å². The quantitative estimate of drug-likeness (QED) is 0.796. The van der Waals surface area contributed by atoms with Crippen molar-refractivity contribution >= 4 is 21.7 Å². The van der Waals surface area contributed by atoms with E-state index in [1.54, 1.807) is 6.20 Å². The second-order valence-corrected chi connectivity index (χ2v) is 8.24. The molecule has 1 amide bonds. The largest absolute Gasteiger partial charge is 0.354 e. The van der Waals surface area contributed by atoms with E-state index >= 15 is 0 Å². The first kappa shape index (κ1) is 19.2. The highest BCUT2D eigenvalue weighted by Crippen LogP contribution is 2.14. The van der Waals surface area contributed by atoms with Crippen LogP contribution in [-0.2, 0) is 10.0 Å². The van der Waals surface area contributed by atoms with Gasteiger partial charge in [0.25, 0.3) is 5.91 Å². The van der Waals surface area contributed by atoms with Gasteiger partial charge >= 0.3 is 0 Å². The Morgan fingerprint density at radius 2 is 1.89 bits per heavy atom. The SMILES string of the molecule is O=C(NCCS(=O)(=O)N1CCN(c2ccccn2)CC1)c1cccc(F)c1.